The van der Waals surface area contributed by atoms with E-state index >= 15 is 0 Å². The third kappa shape index (κ3) is 6.57. The molecular formula is C19H24ClN3O2. The molecule has 0 saturated carbocycles. The van der Waals surface area contributed by atoms with Crippen molar-refractivity contribution < 1.29 is 9.59 Å². The molecule has 2 rings (SSSR count). The number of aryl methyl sites for hydroxylation is 1. The molecule has 0 aliphatic heterocycles. The summed E-state index contributed by atoms with van der Waals surface area (Å²) in [5.41, 5.74) is 8.58. The number of rotatable bonds is 7. The molecule has 0 radical (unpaired) electrons. The molecule has 0 spiro atoms. The normalized spacial score (nSPS) is 9.84. The summed E-state index contributed by atoms with van der Waals surface area (Å²) in [6.07, 6.45) is 0.962. The van der Waals surface area contributed by atoms with Crippen LogP contribution in [0.4, 0.5) is 5.69 Å². The van der Waals surface area contributed by atoms with Crippen molar-refractivity contribution in [2.75, 3.05) is 11.9 Å². The monoisotopic (exact) mass is 361 g/mol. The minimum Gasteiger partial charge on any atom is -0.348 e. The van der Waals surface area contributed by atoms with E-state index in [0.29, 0.717) is 37.2 Å². The van der Waals surface area contributed by atoms with E-state index in [9.17, 15) is 9.59 Å². The predicted octanol–water partition coefficient (Wildman–Crippen LogP) is 3.02. The van der Waals surface area contributed by atoms with Gasteiger partial charge in [0.2, 0.25) is 5.91 Å². The Bertz CT molecular complexity index is 702. The van der Waals surface area contributed by atoms with Gasteiger partial charge in [-0.3, -0.25) is 9.59 Å². The van der Waals surface area contributed by atoms with Crippen LogP contribution in [0.1, 0.15) is 34.3 Å². The molecule has 0 heterocycles. The lowest BCUT2D eigenvalue weighted by Crippen LogP contribution is -2.25. The van der Waals surface area contributed by atoms with E-state index in [2.05, 4.69) is 10.6 Å². The fourth-order valence-corrected chi connectivity index (χ4v) is 2.25. The van der Waals surface area contributed by atoms with Gasteiger partial charge in [0.05, 0.1) is 11.3 Å². The van der Waals surface area contributed by atoms with Crippen LogP contribution in [-0.4, -0.2) is 18.4 Å². The van der Waals surface area contributed by atoms with Crippen molar-refractivity contribution in [1.82, 2.24) is 5.32 Å². The molecular weight excluding hydrogens is 338 g/mol. The summed E-state index contributed by atoms with van der Waals surface area (Å²) < 4.78 is 0. The zero-order chi connectivity index (χ0) is 17.4. The van der Waals surface area contributed by atoms with Crippen LogP contribution in [0.25, 0.3) is 0 Å². The van der Waals surface area contributed by atoms with Crippen LogP contribution in [0.2, 0.25) is 0 Å². The highest BCUT2D eigenvalue weighted by molar-refractivity contribution is 6.03. The van der Waals surface area contributed by atoms with Gasteiger partial charge in [0.1, 0.15) is 0 Å². The quantitative estimate of drug-likeness (QED) is 0.708. The summed E-state index contributed by atoms with van der Waals surface area (Å²) in [7, 11) is 0. The molecule has 4 N–H and O–H groups in total. The summed E-state index contributed by atoms with van der Waals surface area (Å²) >= 11 is 0. The number of para-hydroxylation sites is 1. The number of benzene rings is 2. The Kier molecular flexibility index (Phi) is 8.67. The first-order chi connectivity index (χ1) is 11.6. The maximum atomic E-state index is 12.4. The lowest BCUT2D eigenvalue weighted by molar-refractivity contribution is -0.116. The van der Waals surface area contributed by atoms with Crippen LogP contribution >= 0.6 is 12.4 Å². The number of anilines is 1. The molecule has 0 aromatic heterocycles. The van der Waals surface area contributed by atoms with E-state index in [1.54, 1.807) is 24.3 Å². The van der Waals surface area contributed by atoms with E-state index in [4.69, 9.17) is 5.73 Å². The largest absolute Gasteiger partial charge is 0.348 e. The van der Waals surface area contributed by atoms with Crippen LogP contribution < -0.4 is 16.4 Å². The standard InChI is InChI=1S/C19H23N3O2.ClH/c1-14-8-10-15(11-9-14)13-21-19(24)16-5-2-3-6-17(16)22-18(23)7-4-12-20;/h2-3,5-6,8-11H,4,7,12-13,20H2,1H3,(H,21,24)(H,22,23);1H. The first-order valence-electron chi connectivity index (χ1n) is 8.03. The van der Waals surface area contributed by atoms with Gasteiger partial charge in [0, 0.05) is 13.0 Å². The highest BCUT2D eigenvalue weighted by atomic mass is 35.5. The second-order valence-electron chi connectivity index (χ2n) is 5.65. The molecule has 2 amide bonds. The Morgan fingerprint density at radius 3 is 2.40 bits per heavy atom. The maximum absolute atomic E-state index is 12.4. The van der Waals surface area contributed by atoms with Crippen molar-refractivity contribution in [3.63, 3.8) is 0 Å². The predicted molar refractivity (Wildman–Crippen MR) is 103 cm³/mol. The molecule has 5 nitrogen and oxygen atoms in total. The SMILES string of the molecule is Cc1ccc(CNC(=O)c2ccccc2NC(=O)CCCN)cc1.Cl. The molecule has 2 aromatic rings. The summed E-state index contributed by atoms with van der Waals surface area (Å²) in [4.78, 5) is 24.3. The van der Waals surface area contributed by atoms with E-state index in [-0.39, 0.29) is 24.2 Å². The van der Waals surface area contributed by atoms with Crippen LogP contribution in [0, 0.1) is 6.92 Å². The van der Waals surface area contributed by atoms with Gasteiger partial charge in [-0.05, 0) is 37.6 Å². The molecule has 0 bridgehead atoms. The molecule has 0 fully saturated rings. The topological polar surface area (TPSA) is 84.2 Å². The molecule has 0 aliphatic carbocycles. The van der Waals surface area contributed by atoms with Crippen LogP contribution in [-0.2, 0) is 11.3 Å². The van der Waals surface area contributed by atoms with Crippen molar-refractivity contribution in [3.05, 3.63) is 65.2 Å². The average Bonchev–Trinajstić information content (AvgIpc) is 2.59. The second kappa shape index (κ2) is 10.5. The van der Waals surface area contributed by atoms with Crippen molar-refractivity contribution in [2.45, 2.75) is 26.3 Å². The second-order valence-corrected chi connectivity index (χ2v) is 5.65. The van der Waals surface area contributed by atoms with Crippen LogP contribution in [0.5, 0.6) is 0 Å². The Labute approximate surface area is 154 Å². The summed E-state index contributed by atoms with van der Waals surface area (Å²) in [6, 6.07) is 15.0. The van der Waals surface area contributed by atoms with Gasteiger partial charge in [0.15, 0.2) is 0 Å². The number of carbonyl (C=O) groups excluding carboxylic acids is 2. The average molecular weight is 362 g/mol. The molecule has 0 unspecified atom stereocenters. The van der Waals surface area contributed by atoms with Crippen LogP contribution in [0.3, 0.4) is 0 Å². The number of hydrogen-bond acceptors (Lipinski definition) is 3. The molecule has 2 aromatic carbocycles. The lowest BCUT2D eigenvalue weighted by atomic mass is 10.1. The highest BCUT2D eigenvalue weighted by Gasteiger charge is 2.12. The van der Waals surface area contributed by atoms with Gasteiger partial charge in [-0.25, -0.2) is 0 Å². The van der Waals surface area contributed by atoms with Crippen molar-refractivity contribution in [1.29, 1.82) is 0 Å². The molecule has 0 atom stereocenters. The first kappa shape index (κ1) is 20.7. The summed E-state index contributed by atoms with van der Waals surface area (Å²) in [5.74, 6) is -0.357. The van der Waals surface area contributed by atoms with E-state index in [1.165, 1.54) is 5.56 Å². The van der Waals surface area contributed by atoms with Crippen molar-refractivity contribution in [2.24, 2.45) is 5.73 Å². The lowest BCUT2D eigenvalue weighted by Gasteiger charge is -2.11. The van der Waals surface area contributed by atoms with Crippen molar-refractivity contribution in [3.8, 4) is 0 Å². The zero-order valence-electron chi connectivity index (χ0n) is 14.2. The Morgan fingerprint density at radius 2 is 1.72 bits per heavy atom. The van der Waals surface area contributed by atoms with E-state index < -0.39 is 0 Å². The minimum absolute atomic E-state index is 0. The fourth-order valence-electron chi connectivity index (χ4n) is 2.25. The van der Waals surface area contributed by atoms with Gasteiger partial charge in [-0.1, -0.05) is 42.0 Å². The Morgan fingerprint density at radius 1 is 1.04 bits per heavy atom. The number of nitrogens with one attached hydrogen (secondary N) is 2. The maximum Gasteiger partial charge on any atom is 0.253 e. The number of nitrogens with two attached hydrogens (primary N) is 1. The van der Waals surface area contributed by atoms with E-state index in [1.807, 2.05) is 31.2 Å². The fraction of sp³-hybridized carbons (Fsp3) is 0.263. The van der Waals surface area contributed by atoms with Crippen LogP contribution in [0.15, 0.2) is 48.5 Å². The highest BCUT2D eigenvalue weighted by Crippen LogP contribution is 2.16. The summed E-state index contributed by atoms with van der Waals surface area (Å²) in [6.45, 7) is 2.92. The van der Waals surface area contributed by atoms with Gasteiger partial charge in [-0.2, -0.15) is 0 Å². The van der Waals surface area contributed by atoms with Crippen molar-refractivity contribution >= 4 is 29.9 Å². The molecule has 0 saturated heterocycles. The van der Waals surface area contributed by atoms with Gasteiger partial charge in [-0.15, -0.1) is 12.4 Å². The first-order valence-corrected chi connectivity index (χ1v) is 8.03. The van der Waals surface area contributed by atoms with Gasteiger partial charge >= 0.3 is 0 Å². The molecule has 134 valence electrons. The number of amides is 2. The molecule has 25 heavy (non-hydrogen) atoms. The van der Waals surface area contributed by atoms with Gasteiger partial charge in [0.25, 0.3) is 5.91 Å². The zero-order valence-corrected chi connectivity index (χ0v) is 15.1. The minimum atomic E-state index is -0.217. The Balaban J connectivity index is 0.00000312. The Hall–Kier alpha value is -2.37. The number of halogens is 1. The third-order valence-electron chi connectivity index (χ3n) is 3.63. The summed E-state index contributed by atoms with van der Waals surface area (Å²) in [5, 5.41) is 5.66. The van der Waals surface area contributed by atoms with E-state index in [0.717, 1.165) is 5.56 Å². The molecule has 0 aliphatic rings. The number of carbonyl (C=O) groups is 2. The van der Waals surface area contributed by atoms with Gasteiger partial charge < -0.3 is 16.4 Å². The molecule has 6 heteroatoms. The smallest absolute Gasteiger partial charge is 0.253 e. The third-order valence-corrected chi connectivity index (χ3v) is 3.63. The number of hydrogen-bond donors (Lipinski definition) is 3.